The third kappa shape index (κ3) is 2.03. The number of aldehydes is 1. The zero-order chi connectivity index (χ0) is 12.4. The lowest BCUT2D eigenvalue weighted by atomic mass is 10.1. The van der Waals surface area contributed by atoms with Crippen molar-refractivity contribution in [3.8, 4) is 17.1 Å². The van der Waals surface area contributed by atoms with Crippen molar-refractivity contribution in [3.05, 3.63) is 41.7 Å². The topological polar surface area (TPSA) is 90.6 Å². The van der Waals surface area contributed by atoms with E-state index in [1.807, 2.05) is 0 Å². The number of rotatable bonds is 3. The van der Waals surface area contributed by atoms with E-state index in [-0.39, 0.29) is 11.3 Å². The van der Waals surface area contributed by atoms with Crippen molar-refractivity contribution < 1.29 is 24.2 Å². The number of carboxylic acid groups (broad SMARTS) is 1. The van der Waals surface area contributed by atoms with Crippen LogP contribution in [0, 0.1) is 0 Å². The summed E-state index contributed by atoms with van der Waals surface area (Å²) >= 11 is 0. The van der Waals surface area contributed by atoms with Gasteiger partial charge in [-0.25, -0.2) is 4.79 Å². The van der Waals surface area contributed by atoms with Gasteiger partial charge in [-0.1, -0.05) is 17.9 Å². The van der Waals surface area contributed by atoms with Gasteiger partial charge >= 0.3 is 5.97 Å². The molecule has 86 valence electrons. The molecule has 0 aliphatic rings. The SMILES string of the molecule is O=Cc1ccc(-c2ccc([O-])c(C(=O)O)c2)o1. The van der Waals surface area contributed by atoms with E-state index in [4.69, 9.17) is 9.52 Å². The molecule has 17 heavy (non-hydrogen) atoms. The molecule has 0 aliphatic heterocycles. The molecular weight excluding hydrogens is 224 g/mol. The molecule has 1 N–H and O–H groups in total. The van der Waals surface area contributed by atoms with Gasteiger partial charge in [0.15, 0.2) is 12.0 Å². The third-order valence-corrected chi connectivity index (χ3v) is 2.24. The van der Waals surface area contributed by atoms with E-state index in [9.17, 15) is 14.7 Å². The van der Waals surface area contributed by atoms with Gasteiger partial charge in [-0.2, -0.15) is 0 Å². The van der Waals surface area contributed by atoms with Gasteiger partial charge in [-0.15, -0.1) is 0 Å². The Labute approximate surface area is 95.9 Å². The van der Waals surface area contributed by atoms with E-state index in [0.717, 1.165) is 6.07 Å². The first-order chi connectivity index (χ1) is 8.11. The Morgan fingerprint density at radius 1 is 1.29 bits per heavy atom. The van der Waals surface area contributed by atoms with Crippen molar-refractivity contribution in [2.24, 2.45) is 0 Å². The van der Waals surface area contributed by atoms with Gasteiger partial charge in [-0.3, -0.25) is 4.79 Å². The van der Waals surface area contributed by atoms with Crippen LogP contribution in [0.25, 0.3) is 11.3 Å². The zero-order valence-corrected chi connectivity index (χ0v) is 8.54. The molecular formula is C12H7O5-. The van der Waals surface area contributed by atoms with Crippen molar-refractivity contribution in [2.45, 2.75) is 0 Å². The molecule has 5 nitrogen and oxygen atoms in total. The molecule has 2 aromatic rings. The number of benzene rings is 1. The Morgan fingerprint density at radius 3 is 2.65 bits per heavy atom. The highest BCUT2D eigenvalue weighted by atomic mass is 16.4. The number of carboxylic acids is 1. The van der Waals surface area contributed by atoms with Crippen molar-refractivity contribution in [1.29, 1.82) is 0 Å². The van der Waals surface area contributed by atoms with Gasteiger partial charge in [0.05, 0.1) is 5.56 Å². The Balaban J connectivity index is 2.49. The van der Waals surface area contributed by atoms with Gasteiger partial charge < -0.3 is 14.6 Å². The Hall–Kier alpha value is -2.56. The smallest absolute Gasteiger partial charge is 0.335 e. The molecule has 1 heterocycles. The highest BCUT2D eigenvalue weighted by molar-refractivity contribution is 5.92. The molecule has 1 aromatic heterocycles. The highest BCUT2D eigenvalue weighted by Gasteiger charge is 2.09. The Morgan fingerprint density at radius 2 is 2.06 bits per heavy atom. The second kappa shape index (κ2) is 4.13. The molecule has 2 rings (SSSR count). The molecule has 0 amide bonds. The molecule has 5 heteroatoms. The van der Waals surface area contributed by atoms with Gasteiger partial charge in [0, 0.05) is 5.56 Å². The van der Waals surface area contributed by atoms with Crippen LogP contribution in [-0.4, -0.2) is 17.4 Å². The molecule has 0 atom stereocenters. The Kier molecular flexibility index (Phi) is 2.66. The lowest BCUT2D eigenvalue weighted by molar-refractivity contribution is -0.268. The second-order valence-electron chi connectivity index (χ2n) is 3.34. The summed E-state index contributed by atoms with van der Waals surface area (Å²) in [5, 5.41) is 20.0. The number of furan rings is 1. The minimum atomic E-state index is -1.29. The molecule has 1 aromatic carbocycles. The van der Waals surface area contributed by atoms with Crippen LogP contribution in [0.3, 0.4) is 0 Å². The van der Waals surface area contributed by atoms with Gasteiger partial charge in [0.1, 0.15) is 5.76 Å². The van der Waals surface area contributed by atoms with E-state index in [2.05, 4.69) is 0 Å². The summed E-state index contributed by atoms with van der Waals surface area (Å²) < 4.78 is 5.13. The maximum Gasteiger partial charge on any atom is 0.335 e. The largest absolute Gasteiger partial charge is 0.872 e. The fourth-order valence-corrected chi connectivity index (χ4v) is 1.42. The van der Waals surface area contributed by atoms with Crippen LogP contribution in [-0.2, 0) is 0 Å². The molecule has 0 fully saturated rings. The first-order valence-corrected chi connectivity index (χ1v) is 4.71. The van der Waals surface area contributed by atoms with Gasteiger partial charge in [0.25, 0.3) is 0 Å². The third-order valence-electron chi connectivity index (χ3n) is 2.24. The number of aromatic carboxylic acids is 1. The minimum Gasteiger partial charge on any atom is -0.872 e. The standard InChI is InChI=1S/C12H8O5/c13-6-8-2-4-11(17-8)7-1-3-10(14)9(5-7)12(15)16/h1-6,14H,(H,15,16)/p-1. The van der Waals surface area contributed by atoms with E-state index < -0.39 is 11.7 Å². The summed E-state index contributed by atoms with van der Waals surface area (Å²) in [7, 11) is 0. The summed E-state index contributed by atoms with van der Waals surface area (Å²) in [5.74, 6) is -1.37. The van der Waals surface area contributed by atoms with Crippen LogP contribution in [0.4, 0.5) is 0 Å². The average Bonchev–Trinajstić information content (AvgIpc) is 2.78. The highest BCUT2D eigenvalue weighted by Crippen LogP contribution is 2.25. The molecule has 0 aliphatic carbocycles. The number of hydrogen-bond donors (Lipinski definition) is 1. The second-order valence-corrected chi connectivity index (χ2v) is 3.34. The van der Waals surface area contributed by atoms with Crippen molar-refractivity contribution >= 4 is 12.3 Å². The van der Waals surface area contributed by atoms with E-state index in [0.29, 0.717) is 17.6 Å². The number of carbonyl (C=O) groups is 2. The quantitative estimate of drug-likeness (QED) is 0.809. The van der Waals surface area contributed by atoms with Crippen LogP contribution in [0.5, 0.6) is 5.75 Å². The molecule has 0 radical (unpaired) electrons. The van der Waals surface area contributed by atoms with Crippen molar-refractivity contribution in [3.63, 3.8) is 0 Å². The molecule has 0 unspecified atom stereocenters. The summed E-state index contributed by atoms with van der Waals surface area (Å²) in [4.78, 5) is 21.2. The average molecular weight is 231 g/mol. The number of hydrogen-bond acceptors (Lipinski definition) is 4. The van der Waals surface area contributed by atoms with Crippen LogP contribution in [0.1, 0.15) is 20.9 Å². The predicted molar refractivity (Wildman–Crippen MR) is 55.9 cm³/mol. The molecule has 0 saturated heterocycles. The van der Waals surface area contributed by atoms with Crippen LogP contribution >= 0.6 is 0 Å². The van der Waals surface area contributed by atoms with E-state index in [1.54, 1.807) is 0 Å². The van der Waals surface area contributed by atoms with Gasteiger partial charge in [0.2, 0.25) is 0 Å². The van der Waals surface area contributed by atoms with Crippen LogP contribution in [0.15, 0.2) is 34.7 Å². The van der Waals surface area contributed by atoms with E-state index in [1.165, 1.54) is 24.3 Å². The van der Waals surface area contributed by atoms with Gasteiger partial charge in [-0.05, 0) is 18.2 Å². The summed E-state index contributed by atoms with van der Waals surface area (Å²) in [6.45, 7) is 0. The lowest BCUT2D eigenvalue weighted by Gasteiger charge is -2.10. The first-order valence-electron chi connectivity index (χ1n) is 4.71. The molecule has 0 spiro atoms. The number of carbonyl (C=O) groups excluding carboxylic acids is 1. The fourth-order valence-electron chi connectivity index (χ4n) is 1.42. The zero-order valence-electron chi connectivity index (χ0n) is 8.54. The van der Waals surface area contributed by atoms with E-state index >= 15 is 0 Å². The maximum absolute atomic E-state index is 11.2. The summed E-state index contributed by atoms with van der Waals surface area (Å²) in [6, 6.07) is 6.82. The van der Waals surface area contributed by atoms with Crippen LogP contribution < -0.4 is 5.11 Å². The Bertz CT molecular complexity index is 582. The normalized spacial score (nSPS) is 10.1. The summed E-state index contributed by atoms with van der Waals surface area (Å²) in [5.41, 5.74) is 0.113. The van der Waals surface area contributed by atoms with Crippen molar-refractivity contribution in [2.75, 3.05) is 0 Å². The van der Waals surface area contributed by atoms with Crippen molar-refractivity contribution in [1.82, 2.24) is 0 Å². The monoisotopic (exact) mass is 231 g/mol. The maximum atomic E-state index is 11.2. The molecule has 0 saturated carbocycles. The lowest BCUT2D eigenvalue weighted by Crippen LogP contribution is -2.03. The first kappa shape index (κ1) is 10.9. The van der Waals surface area contributed by atoms with Crippen LogP contribution in [0.2, 0.25) is 0 Å². The minimum absolute atomic E-state index is 0.142. The summed E-state index contributed by atoms with van der Waals surface area (Å²) in [6.07, 6.45) is 0.545. The fraction of sp³-hybridized carbons (Fsp3) is 0. The molecule has 0 bridgehead atoms. The predicted octanol–water partition coefficient (Wildman–Crippen LogP) is 1.53.